The second-order valence-corrected chi connectivity index (χ2v) is 4.02. The molecule has 0 bridgehead atoms. The van der Waals surface area contributed by atoms with Crippen molar-refractivity contribution in [3.05, 3.63) is 0 Å². The van der Waals surface area contributed by atoms with Crippen molar-refractivity contribution in [3.63, 3.8) is 0 Å². The highest BCUT2D eigenvalue weighted by Crippen LogP contribution is 2.05. The first-order valence-electron chi connectivity index (χ1n) is 4.57. The first kappa shape index (κ1) is 12.7. The highest BCUT2D eigenvalue weighted by Gasteiger charge is 2.14. The molecular weight excluding hydrogens is 184 g/mol. The number of nitrogens with one attached hydrogen (secondary N) is 2. The molecular formula is C9H20N2OS. The van der Waals surface area contributed by atoms with Crippen LogP contribution in [0.3, 0.4) is 0 Å². The summed E-state index contributed by atoms with van der Waals surface area (Å²) in [7, 11) is 1.67. The minimum atomic E-state index is 0.0666. The monoisotopic (exact) mass is 204 g/mol. The molecule has 0 aliphatic carbocycles. The largest absolute Gasteiger partial charge is 0.383 e. The predicted octanol–water partition coefficient (Wildman–Crippen LogP) is 1.29. The maximum atomic E-state index is 5.10. The van der Waals surface area contributed by atoms with Crippen LogP contribution in [0, 0.1) is 0 Å². The van der Waals surface area contributed by atoms with E-state index in [1.807, 2.05) is 0 Å². The summed E-state index contributed by atoms with van der Waals surface area (Å²) in [4.78, 5) is 0. The Bertz CT molecular complexity index is 160. The Morgan fingerprint density at radius 2 is 2.08 bits per heavy atom. The Morgan fingerprint density at radius 1 is 1.46 bits per heavy atom. The van der Waals surface area contributed by atoms with Gasteiger partial charge in [-0.05, 0) is 32.5 Å². The summed E-state index contributed by atoms with van der Waals surface area (Å²) in [5, 5.41) is 7.00. The number of ether oxygens (including phenoxy) is 1. The van der Waals surface area contributed by atoms with Gasteiger partial charge in [0.2, 0.25) is 0 Å². The van der Waals surface area contributed by atoms with E-state index in [2.05, 4.69) is 31.4 Å². The Morgan fingerprint density at radius 3 is 2.54 bits per heavy atom. The first-order valence-corrected chi connectivity index (χ1v) is 4.97. The van der Waals surface area contributed by atoms with E-state index in [0.717, 1.165) is 13.0 Å². The standard InChI is InChI=1S/C9H20N2OS/c1-5-9(2,3)11-8(13)10-6-7-12-4/h5-7H2,1-4H3,(H2,10,11,13). The zero-order chi connectivity index (χ0) is 10.3. The van der Waals surface area contributed by atoms with Crippen LogP contribution in [0.5, 0.6) is 0 Å². The van der Waals surface area contributed by atoms with Gasteiger partial charge in [0.15, 0.2) is 5.11 Å². The van der Waals surface area contributed by atoms with E-state index in [4.69, 9.17) is 17.0 Å². The smallest absolute Gasteiger partial charge is 0.166 e. The number of thiocarbonyl (C=S) groups is 1. The van der Waals surface area contributed by atoms with Gasteiger partial charge in [-0.25, -0.2) is 0 Å². The van der Waals surface area contributed by atoms with Crippen LogP contribution in [-0.2, 0) is 4.74 Å². The number of hydrogen-bond acceptors (Lipinski definition) is 2. The molecule has 0 aliphatic heterocycles. The van der Waals surface area contributed by atoms with Crippen molar-refractivity contribution in [1.82, 2.24) is 10.6 Å². The molecule has 0 rings (SSSR count). The van der Waals surface area contributed by atoms with Crippen LogP contribution in [0.15, 0.2) is 0 Å². The van der Waals surface area contributed by atoms with Gasteiger partial charge in [0.25, 0.3) is 0 Å². The SMILES string of the molecule is CCC(C)(C)NC(=S)NCCOC. The number of methoxy groups -OCH3 is 1. The number of rotatable bonds is 5. The van der Waals surface area contributed by atoms with Crippen molar-refractivity contribution >= 4 is 17.3 Å². The fourth-order valence-electron chi connectivity index (χ4n) is 0.707. The van der Waals surface area contributed by atoms with Gasteiger partial charge in [-0.15, -0.1) is 0 Å². The molecule has 0 unspecified atom stereocenters. The lowest BCUT2D eigenvalue weighted by molar-refractivity contribution is 0.203. The topological polar surface area (TPSA) is 33.3 Å². The van der Waals surface area contributed by atoms with Crippen molar-refractivity contribution in [2.24, 2.45) is 0 Å². The molecule has 0 saturated heterocycles. The van der Waals surface area contributed by atoms with Crippen LogP contribution in [0.1, 0.15) is 27.2 Å². The van der Waals surface area contributed by atoms with Gasteiger partial charge in [-0.3, -0.25) is 0 Å². The molecule has 0 aromatic rings. The van der Waals surface area contributed by atoms with Crippen LogP contribution >= 0.6 is 12.2 Å². The molecule has 13 heavy (non-hydrogen) atoms. The van der Waals surface area contributed by atoms with Crippen molar-refractivity contribution in [1.29, 1.82) is 0 Å². The average molecular weight is 204 g/mol. The quantitative estimate of drug-likeness (QED) is 0.522. The van der Waals surface area contributed by atoms with Crippen molar-refractivity contribution in [3.8, 4) is 0 Å². The van der Waals surface area contributed by atoms with Crippen LogP contribution in [0.4, 0.5) is 0 Å². The van der Waals surface area contributed by atoms with Crippen molar-refractivity contribution in [2.75, 3.05) is 20.3 Å². The zero-order valence-electron chi connectivity index (χ0n) is 8.94. The fraction of sp³-hybridized carbons (Fsp3) is 0.889. The van der Waals surface area contributed by atoms with E-state index >= 15 is 0 Å². The molecule has 0 spiro atoms. The van der Waals surface area contributed by atoms with Gasteiger partial charge in [0, 0.05) is 19.2 Å². The molecule has 2 N–H and O–H groups in total. The highest BCUT2D eigenvalue weighted by molar-refractivity contribution is 7.80. The summed E-state index contributed by atoms with van der Waals surface area (Å²) in [6.45, 7) is 7.80. The van der Waals surface area contributed by atoms with E-state index in [0.29, 0.717) is 11.7 Å². The highest BCUT2D eigenvalue weighted by atomic mass is 32.1. The van der Waals surface area contributed by atoms with Gasteiger partial charge in [-0.2, -0.15) is 0 Å². The third kappa shape index (κ3) is 6.78. The van der Waals surface area contributed by atoms with E-state index < -0.39 is 0 Å². The van der Waals surface area contributed by atoms with Gasteiger partial charge in [-0.1, -0.05) is 6.92 Å². The van der Waals surface area contributed by atoms with Gasteiger partial charge in [0.1, 0.15) is 0 Å². The van der Waals surface area contributed by atoms with Crippen molar-refractivity contribution in [2.45, 2.75) is 32.7 Å². The lowest BCUT2D eigenvalue weighted by Crippen LogP contribution is -2.48. The van der Waals surface area contributed by atoms with E-state index in [9.17, 15) is 0 Å². The fourth-order valence-corrected chi connectivity index (χ4v) is 1.08. The summed E-state index contributed by atoms with van der Waals surface area (Å²) in [6.07, 6.45) is 1.04. The molecule has 0 fully saturated rings. The molecule has 0 atom stereocenters. The normalized spacial score (nSPS) is 11.1. The zero-order valence-corrected chi connectivity index (χ0v) is 9.75. The summed E-state index contributed by atoms with van der Waals surface area (Å²) >= 11 is 5.10. The summed E-state index contributed by atoms with van der Waals surface area (Å²) in [5.74, 6) is 0. The molecule has 78 valence electrons. The predicted molar refractivity (Wildman–Crippen MR) is 60.0 cm³/mol. The second-order valence-electron chi connectivity index (χ2n) is 3.61. The van der Waals surface area contributed by atoms with E-state index in [1.54, 1.807) is 7.11 Å². The van der Waals surface area contributed by atoms with E-state index in [-0.39, 0.29) is 5.54 Å². The minimum Gasteiger partial charge on any atom is -0.383 e. The van der Waals surface area contributed by atoms with Crippen LogP contribution in [0.2, 0.25) is 0 Å². The van der Waals surface area contributed by atoms with Crippen LogP contribution < -0.4 is 10.6 Å². The van der Waals surface area contributed by atoms with Crippen LogP contribution in [0.25, 0.3) is 0 Å². The summed E-state index contributed by atoms with van der Waals surface area (Å²) in [5.41, 5.74) is 0.0666. The molecule has 0 aliphatic rings. The molecule has 0 aromatic carbocycles. The average Bonchev–Trinajstić information content (AvgIpc) is 2.04. The van der Waals surface area contributed by atoms with Gasteiger partial charge < -0.3 is 15.4 Å². The third-order valence-electron chi connectivity index (χ3n) is 1.93. The first-order chi connectivity index (χ1) is 6.02. The Kier molecular flexibility index (Phi) is 5.99. The molecule has 0 amide bonds. The molecule has 3 nitrogen and oxygen atoms in total. The Balaban J connectivity index is 3.62. The number of hydrogen-bond donors (Lipinski definition) is 2. The molecule has 0 heterocycles. The van der Waals surface area contributed by atoms with Gasteiger partial charge >= 0.3 is 0 Å². The summed E-state index contributed by atoms with van der Waals surface area (Å²) in [6, 6.07) is 0. The maximum Gasteiger partial charge on any atom is 0.166 e. The Hall–Kier alpha value is -0.350. The molecule has 0 radical (unpaired) electrons. The minimum absolute atomic E-state index is 0.0666. The molecule has 0 saturated carbocycles. The maximum absolute atomic E-state index is 5.10. The summed E-state index contributed by atoms with van der Waals surface area (Å²) < 4.78 is 4.90. The Labute approximate surface area is 86.2 Å². The van der Waals surface area contributed by atoms with Crippen molar-refractivity contribution < 1.29 is 4.74 Å². The second kappa shape index (κ2) is 6.16. The van der Waals surface area contributed by atoms with Crippen LogP contribution in [-0.4, -0.2) is 30.9 Å². The lowest BCUT2D eigenvalue weighted by atomic mass is 10.0. The third-order valence-corrected chi connectivity index (χ3v) is 2.17. The molecule has 0 aromatic heterocycles. The van der Waals surface area contributed by atoms with E-state index in [1.165, 1.54) is 0 Å². The lowest BCUT2D eigenvalue weighted by Gasteiger charge is -2.26. The van der Waals surface area contributed by atoms with Gasteiger partial charge in [0.05, 0.1) is 6.61 Å². The molecule has 4 heteroatoms.